The Bertz CT molecular complexity index is 578. The number of nitrogen functional groups attached to an aromatic ring is 1. The van der Waals surface area contributed by atoms with E-state index in [4.69, 9.17) is 15.2 Å². The van der Waals surface area contributed by atoms with Crippen LogP contribution >= 0.6 is 0 Å². The van der Waals surface area contributed by atoms with Crippen molar-refractivity contribution in [3.63, 3.8) is 0 Å². The van der Waals surface area contributed by atoms with Gasteiger partial charge in [-0.2, -0.15) is 4.98 Å². The maximum absolute atomic E-state index is 13.4. The van der Waals surface area contributed by atoms with Gasteiger partial charge in [-0.15, -0.1) is 0 Å². The van der Waals surface area contributed by atoms with Crippen LogP contribution < -0.4 is 15.2 Å². The lowest BCUT2D eigenvalue weighted by atomic mass is 10.3. The molecule has 2 N–H and O–H groups in total. The Kier molecular flexibility index (Phi) is 3.22. The molecule has 2 aromatic rings. The number of halogens is 2. The molecule has 0 bridgehead atoms. The van der Waals surface area contributed by atoms with Crippen LogP contribution in [-0.2, 0) is 0 Å². The van der Waals surface area contributed by atoms with E-state index in [1.165, 1.54) is 7.11 Å². The van der Waals surface area contributed by atoms with Gasteiger partial charge in [0.2, 0.25) is 5.75 Å². The second kappa shape index (κ2) is 4.82. The smallest absolute Gasteiger partial charge is 0.268 e. The summed E-state index contributed by atoms with van der Waals surface area (Å²) in [5.74, 6) is -1.64. The fourth-order valence-electron chi connectivity index (χ4n) is 1.30. The third kappa shape index (κ3) is 2.29. The minimum atomic E-state index is -0.853. The predicted octanol–water partition coefficient (Wildman–Crippen LogP) is 2.14. The van der Waals surface area contributed by atoms with Gasteiger partial charge >= 0.3 is 0 Å². The lowest BCUT2D eigenvalue weighted by molar-refractivity contribution is 0.360. The van der Waals surface area contributed by atoms with Crippen LogP contribution in [0.3, 0.4) is 0 Å². The van der Waals surface area contributed by atoms with Gasteiger partial charge < -0.3 is 15.2 Å². The summed E-state index contributed by atoms with van der Waals surface area (Å²) in [7, 11) is 1.35. The molecule has 0 amide bonds. The van der Waals surface area contributed by atoms with Crippen LogP contribution in [-0.4, -0.2) is 17.1 Å². The summed E-state index contributed by atoms with van der Waals surface area (Å²) in [6.45, 7) is 0. The van der Waals surface area contributed by atoms with E-state index in [1.807, 2.05) is 0 Å². The molecule has 0 saturated carbocycles. The zero-order valence-corrected chi connectivity index (χ0v) is 9.35. The number of nitrogens with two attached hydrogens (primary N) is 1. The normalized spacial score (nSPS) is 10.2. The minimum Gasteiger partial charge on any atom is -0.489 e. The third-order valence-electron chi connectivity index (χ3n) is 2.10. The van der Waals surface area contributed by atoms with Crippen molar-refractivity contribution in [1.29, 1.82) is 0 Å². The number of hydrogen-bond acceptors (Lipinski definition) is 5. The number of benzene rings is 1. The van der Waals surface area contributed by atoms with Gasteiger partial charge in [-0.3, -0.25) is 0 Å². The molecule has 1 aromatic heterocycles. The van der Waals surface area contributed by atoms with Gasteiger partial charge in [0.15, 0.2) is 17.4 Å². The molecule has 0 radical (unpaired) electrons. The largest absolute Gasteiger partial charge is 0.489 e. The van der Waals surface area contributed by atoms with Crippen molar-refractivity contribution >= 4 is 5.82 Å². The molecule has 0 aliphatic rings. The van der Waals surface area contributed by atoms with E-state index < -0.39 is 11.6 Å². The van der Waals surface area contributed by atoms with E-state index in [-0.39, 0.29) is 23.2 Å². The highest BCUT2D eigenvalue weighted by molar-refractivity contribution is 5.52. The summed E-state index contributed by atoms with van der Waals surface area (Å²) in [5.41, 5.74) is 5.54. The zero-order valence-electron chi connectivity index (χ0n) is 9.35. The summed E-state index contributed by atoms with van der Waals surface area (Å²) in [4.78, 5) is 7.47. The summed E-state index contributed by atoms with van der Waals surface area (Å²) in [6.07, 6.45) is 1.15. The molecule has 0 aliphatic carbocycles. The molecule has 7 heteroatoms. The maximum atomic E-state index is 13.4. The molecule has 18 heavy (non-hydrogen) atoms. The van der Waals surface area contributed by atoms with Crippen molar-refractivity contribution in [2.75, 3.05) is 12.8 Å². The van der Waals surface area contributed by atoms with Crippen LogP contribution in [0.25, 0.3) is 0 Å². The molecule has 0 spiro atoms. The SMILES string of the molecule is COc1c(N)ncnc1Oc1ccc(F)cc1F. The van der Waals surface area contributed by atoms with Crippen molar-refractivity contribution in [2.24, 2.45) is 0 Å². The number of ether oxygens (including phenoxy) is 2. The average Bonchev–Trinajstić information content (AvgIpc) is 2.33. The molecule has 94 valence electrons. The molecular weight excluding hydrogens is 244 g/mol. The van der Waals surface area contributed by atoms with Gasteiger partial charge in [0.1, 0.15) is 12.1 Å². The third-order valence-corrected chi connectivity index (χ3v) is 2.10. The van der Waals surface area contributed by atoms with Crippen LogP contribution in [0, 0.1) is 11.6 Å². The van der Waals surface area contributed by atoms with Gasteiger partial charge in [-0.05, 0) is 12.1 Å². The fraction of sp³-hybridized carbons (Fsp3) is 0.0909. The average molecular weight is 253 g/mol. The van der Waals surface area contributed by atoms with Gasteiger partial charge in [-0.1, -0.05) is 0 Å². The van der Waals surface area contributed by atoms with Crippen LogP contribution in [0.5, 0.6) is 17.4 Å². The van der Waals surface area contributed by atoms with Crippen LogP contribution in [0.1, 0.15) is 0 Å². The molecule has 0 fully saturated rings. The molecule has 5 nitrogen and oxygen atoms in total. The Balaban J connectivity index is 2.37. The van der Waals surface area contributed by atoms with Crippen molar-refractivity contribution in [3.8, 4) is 17.4 Å². The van der Waals surface area contributed by atoms with Gasteiger partial charge in [0.05, 0.1) is 7.11 Å². The first-order chi connectivity index (χ1) is 8.61. The Labute approximate surface area is 101 Å². The van der Waals surface area contributed by atoms with E-state index >= 15 is 0 Å². The van der Waals surface area contributed by atoms with Crippen molar-refractivity contribution in [3.05, 3.63) is 36.2 Å². The number of anilines is 1. The Hall–Kier alpha value is -2.44. The van der Waals surface area contributed by atoms with Crippen LogP contribution in [0.4, 0.5) is 14.6 Å². The van der Waals surface area contributed by atoms with E-state index in [9.17, 15) is 8.78 Å². The van der Waals surface area contributed by atoms with Crippen LogP contribution in [0.15, 0.2) is 24.5 Å². The molecule has 0 atom stereocenters. The highest BCUT2D eigenvalue weighted by Crippen LogP contribution is 2.33. The van der Waals surface area contributed by atoms with Crippen molar-refractivity contribution in [2.45, 2.75) is 0 Å². The molecule has 0 unspecified atom stereocenters. The highest BCUT2D eigenvalue weighted by atomic mass is 19.1. The first kappa shape index (κ1) is 12.0. The number of rotatable bonds is 3. The topological polar surface area (TPSA) is 70.3 Å². The predicted molar refractivity (Wildman–Crippen MR) is 59.4 cm³/mol. The second-order valence-corrected chi connectivity index (χ2v) is 3.27. The number of methoxy groups -OCH3 is 1. The van der Waals surface area contributed by atoms with E-state index in [0.717, 1.165) is 18.5 Å². The minimum absolute atomic E-state index is 0.0458. The van der Waals surface area contributed by atoms with Gasteiger partial charge in [0.25, 0.3) is 5.88 Å². The quantitative estimate of drug-likeness (QED) is 0.907. The Morgan fingerprint density at radius 2 is 2.00 bits per heavy atom. The summed E-state index contributed by atoms with van der Waals surface area (Å²) >= 11 is 0. The number of aromatic nitrogens is 2. The lowest BCUT2D eigenvalue weighted by Gasteiger charge is -2.10. The van der Waals surface area contributed by atoms with E-state index in [1.54, 1.807) is 0 Å². The molecule has 0 aliphatic heterocycles. The summed E-state index contributed by atoms with van der Waals surface area (Å²) < 4.78 is 36.2. The van der Waals surface area contributed by atoms with Crippen molar-refractivity contribution < 1.29 is 18.3 Å². The fourth-order valence-corrected chi connectivity index (χ4v) is 1.30. The standard InChI is InChI=1S/C11H9F2N3O2/c1-17-9-10(14)15-5-16-11(9)18-8-3-2-6(12)4-7(8)13/h2-5H,1H3,(H2,14,15,16). The first-order valence-electron chi connectivity index (χ1n) is 4.89. The van der Waals surface area contributed by atoms with Crippen LogP contribution in [0.2, 0.25) is 0 Å². The number of hydrogen-bond donors (Lipinski definition) is 1. The van der Waals surface area contributed by atoms with Gasteiger partial charge in [0, 0.05) is 6.07 Å². The lowest BCUT2D eigenvalue weighted by Crippen LogP contribution is -2.01. The number of nitrogens with zero attached hydrogens (tertiary/aromatic N) is 2. The second-order valence-electron chi connectivity index (χ2n) is 3.27. The highest BCUT2D eigenvalue weighted by Gasteiger charge is 2.14. The summed E-state index contributed by atoms with van der Waals surface area (Å²) in [5, 5.41) is 0. The molecule has 0 saturated heterocycles. The van der Waals surface area contributed by atoms with Gasteiger partial charge in [-0.25, -0.2) is 13.8 Å². The monoisotopic (exact) mass is 253 g/mol. The first-order valence-corrected chi connectivity index (χ1v) is 4.89. The molecule has 2 rings (SSSR count). The summed E-state index contributed by atoms with van der Waals surface area (Å²) in [6, 6.07) is 2.91. The van der Waals surface area contributed by atoms with E-state index in [2.05, 4.69) is 9.97 Å². The molecule has 1 aromatic carbocycles. The Morgan fingerprint density at radius 3 is 2.67 bits per heavy atom. The zero-order chi connectivity index (χ0) is 13.1. The Morgan fingerprint density at radius 1 is 1.22 bits per heavy atom. The maximum Gasteiger partial charge on any atom is 0.268 e. The molecular formula is C11H9F2N3O2. The van der Waals surface area contributed by atoms with E-state index in [0.29, 0.717) is 6.07 Å². The van der Waals surface area contributed by atoms with Crippen molar-refractivity contribution in [1.82, 2.24) is 9.97 Å². The molecule has 1 heterocycles.